The van der Waals surface area contributed by atoms with Crippen LogP contribution in [0.5, 0.6) is 5.75 Å². The van der Waals surface area contributed by atoms with Crippen molar-refractivity contribution >= 4 is 29.7 Å². The number of nitrogens with zero attached hydrogens (tertiary/aromatic N) is 3. The molecule has 214 valence electrons. The van der Waals surface area contributed by atoms with Gasteiger partial charge in [-0.3, -0.25) is 25.3 Å². The fourth-order valence-electron chi connectivity index (χ4n) is 4.56. The van der Waals surface area contributed by atoms with Crippen LogP contribution in [-0.4, -0.2) is 91.3 Å². The molecule has 0 radical (unpaired) electrons. The largest absolute Gasteiger partial charge is 0.460 e. The molecule has 2 aromatic rings. The number of carbonyl (C=O) groups is 3. The molecule has 2 saturated heterocycles. The van der Waals surface area contributed by atoms with Crippen LogP contribution in [0.3, 0.4) is 0 Å². The summed E-state index contributed by atoms with van der Waals surface area (Å²) in [5.41, 5.74) is 0.661. The number of amides is 2. The van der Waals surface area contributed by atoms with Crippen molar-refractivity contribution < 1.29 is 28.6 Å². The summed E-state index contributed by atoms with van der Waals surface area (Å²) in [6.07, 6.45) is -1.05. The summed E-state index contributed by atoms with van der Waals surface area (Å²) in [4.78, 5) is 42.7. The molecule has 1 unspecified atom stereocenters. The number of carbonyl (C=O) groups excluding carboxylic acids is 3. The average Bonchev–Trinajstić information content (AvgIpc) is 3.27. The molecule has 2 aromatic carbocycles. The van der Waals surface area contributed by atoms with Gasteiger partial charge >= 0.3 is 18.2 Å². The molecule has 11 heteroatoms. The second-order valence-electron chi connectivity index (χ2n) is 10.8. The molecule has 0 bridgehead atoms. The Labute approximate surface area is 234 Å². The minimum absolute atomic E-state index is 0.111. The number of nitrogens with one attached hydrogen (secondary N) is 2. The standard InChI is InChI=1S/C29H37N5O6/c1-29(2,3)40-25(35)13-14-32-15-17-33(18-16-32)19-24-20-34(28(37)39-24)22-11-9-21(10-12-22)26(30)31-27(36)38-23-7-5-4-6-8-23/h4-12,24H,13-20H2,1-3H3,(H2,30,31,36). The molecule has 2 heterocycles. The number of hydrogen-bond acceptors (Lipinski definition) is 9. The van der Waals surface area contributed by atoms with Gasteiger partial charge in [0.05, 0.1) is 13.0 Å². The summed E-state index contributed by atoms with van der Waals surface area (Å²) >= 11 is 0. The van der Waals surface area contributed by atoms with Crippen LogP contribution in [0, 0.1) is 5.41 Å². The first-order valence-corrected chi connectivity index (χ1v) is 13.4. The lowest BCUT2D eigenvalue weighted by Crippen LogP contribution is -2.49. The quantitative estimate of drug-likeness (QED) is 0.290. The average molecular weight is 552 g/mol. The fourth-order valence-corrected chi connectivity index (χ4v) is 4.56. The van der Waals surface area contributed by atoms with Crippen LogP contribution < -0.4 is 15.0 Å². The summed E-state index contributed by atoms with van der Waals surface area (Å²) in [7, 11) is 0. The van der Waals surface area contributed by atoms with Gasteiger partial charge in [-0.1, -0.05) is 18.2 Å². The molecular weight excluding hydrogens is 514 g/mol. The highest BCUT2D eigenvalue weighted by Crippen LogP contribution is 2.23. The molecule has 0 saturated carbocycles. The van der Waals surface area contributed by atoms with E-state index in [1.165, 1.54) is 0 Å². The van der Waals surface area contributed by atoms with Gasteiger partial charge in [0.15, 0.2) is 0 Å². The zero-order chi connectivity index (χ0) is 28.7. The van der Waals surface area contributed by atoms with Gasteiger partial charge in [0.1, 0.15) is 23.3 Å². The molecule has 1 atom stereocenters. The van der Waals surface area contributed by atoms with E-state index in [9.17, 15) is 14.4 Å². The number of cyclic esters (lactones) is 1. The molecule has 4 rings (SSSR count). The van der Waals surface area contributed by atoms with E-state index in [1.54, 1.807) is 53.4 Å². The van der Waals surface area contributed by atoms with Crippen molar-refractivity contribution in [3.63, 3.8) is 0 Å². The maximum Gasteiger partial charge on any atom is 0.418 e. The number of anilines is 1. The number of hydrogen-bond donors (Lipinski definition) is 2. The molecule has 0 aromatic heterocycles. The zero-order valence-electron chi connectivity index (χ0n) is 23.2. The number of piperazine rings is 1. The fraction of sp³-hybridized carbons (Fsp3) is 0.448. The Hall–Kier alpha value is -3.96. The van der Waals surface area contributed by atoms with E-state index < -0.39 is 17.8 Å². The van der Waals surface area contributed by atoms with Crippen molar-refractivity contribution in [2.24, 2.45) is 0 Å². The first-order valence-electron chi connectivity index (χ1n) is 13.4. The first-order chi connectivity index (χ1) is 19.1. The molecule has 2 N–H and O–H groups in total. The van der Waals surface area contributed by atoms with Crippen molar-refractivity contribution in [2.75, 3.05) is 50.7 Å². The van der Waals surface area contributed by atoms with Gasteiger partial charge in [-0.2, -0.15) is 0 Å². The number of ether oxygens (including phenoxy) is 3. The lowest BCUT2D eigenvalue weighted by Gasteiger charge is -2.35. The number of para-hydroxylation sites is 1. The lowest BCUT2D eigenvalue weighted by molar-refractivity contribution is -0.155. The Balaban J connectivity index is 1.20. The monoisotopic (exact) mass is 551 g/mol. The van der Waals surface area contributed by atoms with Crippen LogP contribution in [0.4, 0.5) is 15.3 Å². The maximum absolute atomic E-state index is 12.6. The second-order valence-corrected chi connectivity index (χ2v) is 10.8. The summed E-state index contributed by atoms with van der Waals surface area (Å²) in [5, 5.41) is 10.6. The molecule has 2 aliphatic rings. The molecule has 0 spiro atoms. The van der Waals surface area contributed by atoms with Gasteiger partial charge in [-0.15, -0.1) is 0 Å². The smallest absolute Gasteiger partial charge is 0.418 e. The van der Waals surface area contributed by atoms with Crippen molar-refractivity contribution in [3.8, 4) is 5.75 Å². The Morgan fingerprint density at radius 1 is 1.00 bits per heavy atom. The van der Waals surface area contributed by atoms with Gasteiger partial charge < -0.3 is 19.1 Å². The summed E-state index contributed by atoms with van der Waals surface area (Å²) in [6, 6.07) is 15.4. The molecule has 11 nitrogen and oxygen atoms in total. The number of esters is 1. The minimum atomic E-state index is -0.755. The van der Waals surface area contributed by atoms with Gasteiger partial charge in [-0.25, -0.2) is 9.59 Å². The summed E-state index contributed by atoms with van der Waals surface area (Å²) in [5.74, 6) is 0.0875. The van der Waals surface area contributed by atoms with E-state index >= 15 is 0 Å². The number of rotatable bonds is 8. The highest BCUT2D eigenvalue weighted by atomic mass is 16.6. The highest BCUT2D eigenvalue weighted by Gasteiger charge is 2.34. The Kier molecular flexibility index (Phi) is 9.38. The third-order valence-corrected chi connectivity index (χ3v) is 6.50. The van der Waals surface area contributed by atoms with Crippen molar-refractivity contribution in [3.05, 3.63) is 60.2 Å². The highest BCUT2D eigenvalue weighted by molar-refractivity contribution is 6.05. The normalized spacial score (nSPS) is 18.2. The van der Waals surface area contributed by atoms with Crippen LogP contribution in [0.1, 0.15) is 32.8 Å². The van der Waals surface area contributed by atoms with E-state index in [0.717, 1.165) is 26.2 Å². The third-order valence-electron chi connectivity index (χ3n) is 6.50. The van der Waals surface area contributed by atoms with Crippen LogP contribution in [0.2, 0.25) is 0 Å². The van der Waals surface area contributed by atoms with E-state index in [2.05, 4.69) is 15.1 Å². The third kappa shape index (κ3) is 8.52. The maximum atomic E-state index is 12.6. The second kappa shape index (κ2) is 12.9. The Bertz CT molecular complexity index is 1190. The topological polar surface area (TPSA) is 125 Å². The molecular formula is C29H37N5O6. The predicted octanol–water partition coefficient (Wildman–Crippen LogP) is 3.48. The van der Waals surface area contributed by atoms with E-state index in [4.69, 9.17) is 19.6 Å². The predicted molar refractivity (Wildman–Crippen MR) is 150 cm³/mol. The van der Waals surface area contributed by atoms with Gasteiger partial charge in [0.25, 0.3) is 0 Å². The minimum Gasteiger partial charge on any atom is -0.460 e. The van der Waals surface area contributed by atoms with Gasteiger partial charge in [0.2, 0.25) is 0 Å². The van der Waals surface area contributed by atoms with Crippen LogP contribution in [0.15, 0.2) is 54.6 Å². The van der Waals surface area contributed by atoms with Crippen molar-refractivity contribution in [2.45, 2.75) is 38.9 Å². The number of benzene rings is 2. The van der Waals surface area contributed by atoms with Crippen LogP contribution in [0.25, 0.3) is 0 Å². The lowest BCUT2D eigenvalue weighted by atomic mass is 10.1. The first kappa shape index (κ1) is 29.0. The zero-order valence-corrected chi connectivity index (χ0v) is 23.2. The van der Waals surface area contributed by atoms with Crippen LogP contribution in [-0.2, 0) is 14.3 Å². The molecule has 2 amide bonds. The molecule has 2 aliphatic heterocycles. The van der Waals surface area contributed by atoms with Crippen LogP contribution >= 0.6 is 0 Å². The molecule has 0 aliphatic carbocycles. The SMILES string of the molecule is CC(C)(C)OC(=O)CCN1CCN(CC2CN(c3ccc(C(=N)NC(=O)Oc4ccccc4)cc3)C(=O)O2)CC1. The van der Waals surface area contributed by atoms with E-state index in [1.807, 2.05) is 26.8 Å². The number of amidine groups is 1. The van der Waals surface area contributed by atoms with Crippen molar-refractivity contribution in [1.29, 1.82) is 5.41 Å². The molecule has 40 heavy (non-hydrogen) atoms. The van der Waals surface area contributed by atoms with E-state index in [0.29, 0.717) is 43.1 Å². The summed E-state index contributed by atoms with van der Waals surface area (Å²) < 4.78 is 16.2. The van der Waals surface area contributed by atoms with Crippen molar-refractivity contribution in [1.82, 2.24) is 15.1 Å². The Morgan fingerprint density at radius 2 is 1.65 bits per heavy atom. The Morgan fingerprint density at radius 3 is 2.30 bits per heavy atom. The van der Waals surface area contributed by atoms with Gasteiger partial charge in [-0.05, 0) is 57.2 Å². The van der Waals surface area contributed by atoms with Gasteiger partial charge in [0, 0.05) is 50.5 Å². The summed E-state index contributed by atoms with van der Waals surface area (Å²) in [6.45, 7) is 10.7. The molecule has 2 fully saturated rings. The van der Waals surface area contributed by atoms with E-state index in [-0.39, 0.29) is 17.9 Å².